The van der Waals surface area contributed by atoms with E-state index in [0.717, 1.165) is 43.7 Å². The second-order valence-corrected chi connectivity index (χ2v) is 6.76. The van der Waals surface area contributed by atoms with Crippen LogP contribution >= 0.6 is 0 Å². The second-order valence-electron chi connectivity index (χ2n) is 6.76. The molecule has 1 unspecified atom stereocenters. The first-order valence-corrected chi connectivity index (χ1v) is 8.82. The zero-order valence-corrected chi connectivity index (χ0v) is 14.1. The molecule has 2 aromatic carbocycles. The third-order valence-corrected chi connectivity index (χ3v) is 5.38. The number of para-hydroxylation sites is 1. The van der Waals surface area contributed by atoms with E-state index in [4.69, 9.17) is 4.74 Å². The van der Waals surface area contributed by atoms with Gasteiger partial charge in [0.15, 0.2) is 0 Å². The lowest BCUT2D eigenvalue weighted by atomic mass is 9.95. The molecule has 0 fully saturated rings. The lowest BCUT2D eigenvalue weighted by molar-refractivity contribution is -0.119. The highest BCUT2D eigenvalue weighted by atomic mass is 16.5. The molecule has 3 nitrogen and oxygen atoms in total. The predicted molar refractivity (Wildman–Crippen MR) is 95.8 cm³/mol. The van der Waals surface area contributed by atoms with Crippen molar-refractivity contribution >= 4 is 11.6 Å². The van der Waals surface area contributed by atoms with Gasteiger partial charge in [0.05, 0.1) is 12.8 Å². The third kappa shape index (κ3) is 2.58. The van der Waals surface area contributed by atoms with Crippen LogP contribution in [-0.4, -0.2) is 19.6 Å². The number of aryl methyl sites for hydroxylation is 2. The van der Waals surface area contributed by atoms with Crippen molar-refractivity contribution in [1.82, 2.24) is 0 Å². The van der Waals surface area contributed by atoms with E-state index in [2.05, 4.69) is 30.3 Å². The minimum absolute atomic E-state index is 0.224. The van der Waals surface area contributed by atoms with Gasteiger partial charge in [-0.05, 0) is 54.4 Å². The first-order valence-electron chi connectivity index (χ1n) is 8.82. The maximum absolute atomic E-state index is 13.1. The Hall–Kier alpha value is -2.29. The molecular formula is C21H23NO2. The summed E-state index contributed by atoms with van der Waals surface area (Å²) in [6.07, 6.45) is 4.80. The van der Waals surface area contributed by atoms with E-state index in [1.165, 1.54) is 16.7 Å². The normalized spacial score (nSPS) is 18.9. The Kier molecular flexibility index (Phi) is 4.01. The Balaban J connectivity index is 1.59. The average Bonchev–Trinajstić information content (AvgIpc) is 3.03. The van der Waals surface area contributed by atoms with E-state index in [1.54, 1.807) is 7.11 Å². The molecule has 0 aromatic heterocycles. The van der Waals surface area contributed by atoms with E-state index in [9.17, 15) is 4.79 Å². The van der Waals surface area contributed by atoms with Crippen LogP contribution in [0, 0.1) is 0 Å². The summed E-state index contributed by atoms with van der Waals surface area (Å²) < 4.78 is 5.53. The summed E-state index contributed by atoms with van der Waals surface area (Å²) in [5.74, 6) is 1.39. The Morgan fingerprint density at radius 1 is 1.12 bits per heavy atom. The fourth-order valence-electron chi connectivity index (χ4n) is 4.21. The van der Waals surface area contributed by atoms with Crippen molar-refractivity contribution in [2.75, 3.05) is 18.6 Å². The van der Waals surface area contributed by atoms with Crippen molar-refractivity contribution in [3.8, 4) is 5.75 Å². The lowest BCUT2D eigenvalue weighted by Crippen LogP contribution is -2.36. The first kappa shape index (κ1) is 15.3. The largest absolute Gasteiger partial charge is 0.495 e. The number of rotatable bonds is 3. The number of anilines is 1. The molecule has 1 heterocycles. The van der Waals surface area contributed by atoms with Crippen molar-refractivity contribution in [3.63, 3.8) is 0 Å². The summed E-state index contributed by atoms with van der Waals surface area (Å²) in [5, 5.41) is 0. The number of amides is 1. The van der Waals surface area contributed by atoms with Gasteiger partial charge in [0, 0.05) is 13.0 Å². The summed E-state index contributed by atoms with van der Waals surface area (Å²) in [5.41, 5.74) is 4.98. The van der Waals surface area contributed by atoms with Crippen molar-refractivity contribution in [1.29, 1.82) is 0 Å². The molecule has 4 rings (SSSR count). The van der Waals surface area contributed by atoms with Gasteiger partial charge in [-0.2, -0.15) is 0 Å². The summed E-state index contributed by atoms with van der Waals surface area (Å²) in [7, 11) is 1.68. The zero-order valence-electron chi connectivity index (χ0n) is 14.1. The van der Waals surface area contributed by atoms with Gasteiger partial charge >= 0.3 is 0 Å². The number of carbonyl (C=O) groups is 1. The Morgan fingerprint density at radius 3 is 2.83 bits per heavy atom. The molecule has 1 atom stereocenters. The number of hydrogen-bond donors (Lipinski definition) is 0. The molecule has 1 aliphatic carbocycles. The molecular weight excluding hydrogens is 298 g/mol. The maximum Gasteiger partial charge on any atom is 0.227 e. The van der Waals surface area contributed by atoms with Gasteiger partial charge in [0.2, 0.25) is 5.91 Å². The molecule has 0 saturated carbocycles. The quantitative estimate of drug-likeness (QED) is 0.852. The highest BCUT2D eigenvalue weighted by Crippen LogP contribution is 2.39. The second kappa shape index (κ2) is 6.31. The molecule has 0 saturated heterocycles. The Morgan fingerprint density at radius 2 is 1.96 bits per heavy atom. The fraction of sp³-hybridized carbons (Fsp3) is 0.381. The SMILES string of the molecule is COc1cccc2c1N(C(=O)CC1CCc3ccccc31)CCC2. The van der Waals surface area contributed by atoms with Crippen molar-refractivity contribution < 1.29 is 9.53 Å². The van der Waals surface area contributed by atoms with Crippen LogP contribution in [-0.2, 0) is 17.6 Å². The van der Waals surface area contributed by atoms with Gasteiger partial charge in [0.25, 0.3) is 0 Å². The molecule has 124 valence electrons. The van der Waals surface area contributed by atoms with Gasteiger partial charge in [0.1, 0.15) is 5.75 Å². The molecule has 0 radical (unpaired) electrons. The van der Waals surface area contributed by atoms with Crippen LogP contribution in [0.3, 0.4) is 0 Å². The zero-order chi connectivity index (χ0) is 16.5. The van der Waals surface area contributed by atoms with Crippen LogP contribution in [0.1, 0.15) is 41.9 Å². The van der Waals surface area contributed by atoms with Gasteiger partial charge in [-0.3, -0.25) is 4.79 Å². The average molecular weight is 321 g/mol. The lowest BCUT2D eigenvalue weighted by Gasteiger charge is -2.31. The summed E-state index contributed by atoms with van der Waals surface area (Å²) in [4.78, 5) is 15.0. The van der Waals surface area contributed by atoms with Gasteiger partial charge in [-0.25, -0.2) is 0 Å². The minimum atomic E-state index is 0.224. The number of carbonyl (C=O) groups excluding carboxylic acids is 1. The smallest absolute Gasteiger partial charge is 0.227 e. The Bertz CT molecular complexity index is 754. The molecule has 3 heteroatoms. The minimum Gasteiger partial charge on any atom is -0.495 e. The molecule has 1 aliphatic heterocycles. The fourth-order valence-corrected chi connectivity index (χ4v) is 4.21. The van der Waals surface area contributed by atoms with E-state index < -0.39 is 0 Å². The first-order chi connectivity index (χ1) is 11.8. The number of methoxy groups -OCH3 is 1. The standard InChI is InChI=1S/C21H23NO2/c1-24-19-10-4-7-16-8-5-13-22(21(16)19)20(23)14-17-12-11-15-6-2-3-9-18(15)17/h2-4,6-7,9-10,17H,5,8,11-14H2,1H3. The van der Waals surface area contributed by atoms with Gasteiger partial charge in [-0.1, -0.05) is 36.4 Å². The van der Waals surface area contributed by atoms with Crippen molar-refractivity contribution in [2.45, 2.75) is 38.0 Å². The van der Waals surface area contributed by atoms with Crippen LogP contribution in [0.4, 0.5) is 5.69 Å². The third-order valence-electron chi connectivity index (χ3n) is 5.38. The molecule has 1 amide bonds. The molecule has 0 N–H and O–H groups in total. The number of fused-ring (bicyclic) bond motifs is 2. The highest BCUT2D eigenvalue weighted by Gasteiger charge is 2.30. The van der Waals surface area contributed by atoms with Gasteiger partial charge < -0.3 is 9.64 Å². The van der Waals surface area contributed by atoms with Crippen molar-refractivity contribution in [3.05, 3.63) is 59.2 Å². The van der Waals surface area contributed by atoms with Crippen LogP contribution < -0.4 is 9.64 Å². The van der Waals surface area contributed by atoms with Crippen LogP contribution in [0.2, 0.25) is 0 Å². The number of nitrogens with zero attached hydrogens (tertiary/aromatic N) is 1. The predicted octanol–water partition coefficient (Wildman–Crippen LogP) is 4.09. The molecule has 2 aromatic rings. The summed E-state index contributed by atoms with van der Waals surface area (Å²) in [6.45, 7) is 0.792. The molecule has 2 aliphatic rings. The van der Waals surface area contributed by atoms with Gasteiger partial charge in [-0.15, -0.1) is 0 Å². The monoisotopic (exact) mass is 321 g/mol. The molecule has 0 bridgehead atoms. The number of ether oxygens (including phenoxy) is 1. The molecule has 24 heavy (non-hydrogen) atoms. The van der Waals surface area contributed by atoms with E-state index >= 15 is 0 Å². The number of benzene rings is 2. The van der Waals surface area contributed by atoms with E-state index in [-0.39, 0.29) is 5.91 Å². The molecule has 0 spiro atoms. The topological polar surface area (TPSA) is 29.5 Å². The van der Waals surface area contributed by atoms with Crippen molar-refractivity contribution in [2.24, 2.45) is 0 Å². The van der Waals surface area contributed by atoms with Crippen LogP contribution in [0.15, 0.2) is 42.5 Å². The summed E-state index contributed by atoms with van der Waals surface area (Å²) >= 11 is 0. The summed E-state index contributed by atoms with van der Waals surface area (Å²) in [6, 6.07) is 14.6. The van der Waals surface area contributed by atoms with E-state index in [1.807, 2.05) is 17.0 Å². The van der Waals surface area contributed by atoms with Crippen LogP contribution in [0.25, 0.3) is 0 Å². The van der Waals surface area contributed by atoms with Crippen LogP contribution in [0.5, 0.6) is 5.75 Å². The number of hydrogen-bond acceptors (Lipinski definition) is 2. The Labute approximate surface area is 143 Å². The van der Waals surface area contributed by atoms with E-state index in [0.29, 0.717) is 12.3 Å². The maximum atomic E-state index is 13.1. The highest BCUT2D eigenvalue weighted by molar-refractivity contribution is 5.96.